The number of furan rings is 1. The number of amides is 1. The Balaban J connectivity index is 1.23. The molecule has 9 heteroatoms. The second-order valence-electron chi connectivity index (χ2n) is 10.7. The first-order valence-electron chi connectivity index (χ1n) is 13.5. The molecule has 3 aromatic heterocycles. The molecule has 0 spiro atoms. The van der Waals surface area contributed by atoms with E-state index in [1.54, 1.807) is 18.3 Å². The number of carboxylic acids is 1. The fourth-order valence-electron chi connectivity index (χ4n) is 5.97. The average molecular weight is 543 g/mol. The maximum absolute atomic E-state index is 13.0. The Morgan fingerprint density at radius 1 is 1.02 bits per heavy atom. The Bertz CT molecular complexity index is 1870. The molecule has 0 unspecified atom stereocenters. The van der Waals surface area contributed by atoms with E-state index in [0.717, 1.165) is 64.4 Å². The van der Waals surface area contributed by atoms with Gasteiger partial charge >= 0.3 is 11.6 Å². The highest BCUT2D eigenvalue weighted by atomic mass is 16.4. The summed E-state index contributed by atoms with van der Waals surface area (Å²) in [5.74, 6) is -0.580. The van der Waals surface area contributed by atoms with Gasteiger partial charge in [-0.15, -0.1) is 0 Å². The molecular weight excluding hydrogens is 512 g/mol. The fraction of sp³-hybridized carbons (Fsp3) is 0.323. The van der Waals surface area contributed by atoms with Crippen LogP contribution in [0.5, 0.6) is 5.75 Å². The van der Waals surface area contributed by atoms with Crippen LogP contribution in [-0.2, 0) is 35.3 Å². The van der Waals surface area contributed by atoms with Crippen LogP contribution in [0.25, 0.3) is 32.8 Å². The van der Waals surface area contributed by atoms with E-state index >= 15 is 0 Å². The largest absolute Gasteiger partial charge is 0.508 e. The lowest BCUT2D eigenvalue weighted by molar-refractivity contribution is -0.141. The van der Waals surface area contributed by atoms with Crippen molar-refractivity contribution >= 4 is 44.7 Å². The van der Waals surface area contributed by atoms with Crippen LogP contribution in [0, 0.1) is 13.8 Å². The SMILES string of the molecule is Cc1c(CCC(=O)N[C@@H](Cc2c[nH]c3ccc(O)cc23)C(=O)O)c(=O)oc2c(C)c3oc4c(c3cc12)CCCC4. The smallest absolute Gasteiger partial charge is 0.339 e. The zero-order chi connectivity index (χ0) is 28.1. The van der Waals surface area contributed by atoms with E-state index in [2.05, 4.69) is 10.3 Å². The molecule has 3 heterocycles. The first-order valence-corrected chi connectivity index (χ1v) is 13.5. The number of rotatable bonds is 7. The van der Waals surface area contributed by atoms with Gasteiger partial charge < -0.3 is 29.3 Å². The third kappa shape index (κ3) is 4.41. The molecule has 0 radical (unpaired) electrons. The number of carboxylic acid groups (broad SMARTS) is 1. The third-order valence-corrected chi connectivity index (χ3v) is 8.13. The van der Waals surface area contributed by atoms with Crippen molar-refractivity contribution in [3.05, 3.63) is 74.5 Å². The summed E-state index contributed by atoms with van der Waals surface area (Å²) in [6, 6.07) is 5.65. The van der Waals surface area contributed by atoms with Crippen molar-refractivity contribution in [2.24, 2.45) is 0 Å². The van der Waals surface area contributed by atoms with Gasteiger partial charge in [0, 0.05) is 63.8 Å². The van der Waals surface area contributed by atoms with Gasteiger partial charge in [0.05, 0.1) is 0 Å². The lowest BCUT2D eigenvalue weighted by atomic mass is 9.93. The van der Waals surface area contributed by atoms with Crippen LogP contribution in [0.1, 0.15) is 52.8 Å². The topological polar surface area (TPSA) is 146 Å². The van der Waals surface area contributed by atoms with Gasteiger partial charge in [0.15, 0.2) is 0 Å². The summed E-state index contributed by atoms with van der Waals surface area (Å²) < 4.78 is 11.9. The number of fused-ring (bicyclic) bond motifs is 5. The van der Waals surface area contributed by atoms with Crippen molar-refractivity contribution in [3.8, 4) is 5.75 Å². The summed E-state index contributed by atoms with van der Waals surface area (Å²) >= 11 is 0. The normalized spacial score (nSPS) is 14.1. The van der Waals surface area contributed by atoms with Crippen LogP contribution in [0.3, 0.4) is 0 Å². The van der Waals surface area contributed by atoms with Gasteiger partial charge in [-0.3, -0.25) is 4.79 Å². The summed E-state index contributed by atoms with van der Waals surface area (Å²) in [5, 5.41) is 24.7. The number of carbonyl (C=O) groups is 2. The highest BCUT2D eigenvalue weighted by Gasteiger charge is 2.25. The van der Waals surface area contributed by atoms with Crippen LogP contribution in [0.15, 0.2) is 44.1 Å². The number of hydrogen-bond donors (Lipinski definition) is 4. The van der Waals surface area contributed by atoms with Gasteiger partial charge in [-0.1, -0.05) is 0 Å². The molecule has 1 atom stereocenters. The van der Waals surface area contributed by atoms with Crippen LogP contribution in [-0.4, -0.2) is 33.1 Å². The van der Waals surface area contributed by atoms with Crippen LogP contribution >= 0.6 is 0 Å². The lowest BCUT2D eigenvalue weighted by Crippen LogP contribution is -2.42. The summed E-state index contributed by atoms with van der Waals surface area (Å²) in [7, 11) is 0. The van der Waals surface area contributed by atoms with E-state index in [4.69, 9.17) is 8.83 Å². The number of aryl methyl sites for hydroxylation is 4. The minimum absolute atomic E-state index is 0.0337. The molecule has 6 rings (SSSR count). The molecule has 0 fully saturated rings. The predicted octanol–water partition coefficient (Wildman–Crippen LogP) is 4.97. The van der Waals surface area contributed by atoms with Gasteiger partial charge in [0.1, 0.15) is 28.7 Å². The zero-order valence-corrected chi connectivity index (χ0v) is 22.3. The number of phenolic OH excluding ortho intramolecular Hbond substituents is 1. The van der Waals surface area contributed by atoms with E-state index in [-0.39, 0.29) is 25.0 Å². The van der Waals surface area contributed by atoms with E-state index in [9.17, 15) is 24.6 Å². The van der Waals surface area contributed by atoms with Crippen molar-refractivity contribution < 1.29 is 28.6 Å². The maximum atomic E-state index is 13.0. The highest BCUT2D eigenvalue weighted by molar-refractivity contribution is 6.00. The number of aromatic amines is 1. The predicted molar refractivity (Wildman–Crippen MR) is 150 cm³/mol. The third-order valence-electron chi connectivity index (χ3n) is 8.13. The fourth-order valence-corrected chi connectivity index (χ4v) is 5.97. The minimum Gasteiger partial charge on any atom is -0.508 e. The standard InChI is InChI=1S/C31H30N2O7/c1-15-19(31(38)40-28-16(2)29-23(13-21(15)28)20-5-3-4-6-26(20)39-29)8-10-27(35)33-25(30(36)37)11-17-14-32-24-9-7-18(34)12-22(17)24/h7,9,12-14,25,32,34H,3-6,8,10-11H2,1-2H3,(H,33,35)(H,36,37)/t25-/m0/s1. The molecule has 1 aliphatic carbocycles. The maximum Gasteiger partial charge on any atom is 0.339 e. The number of hydrogen-bond acceptors (Lipinski definition) is 6. The molecule has 5 aromatic rings. The second-order valence-corrected chi connectivity index (χ2v) is 10.7. The lowest BCUT2D eigenvalue weighted by Gasteiger charge is -2.15. The number of carbonyl (C=O) groups excluding carboxylic acids is 1. The van der Waals surface area contributed by atoms with Crippen molar-refractivity contribution in [1.29, 1.82) is 0 Å². The van der Waals surface area contributed by atoms with Gasteiger partial charge in [0.25, 0.3) is 0 Å². The number of nitrogens with one attached hydrogen (secondary N) is 2. The van der Waals surface area contributed by atoms with E-state index < -0.39 is 23.5 Å². The molecule has 0 bridgehead atoms. The molecule has 9 nitrogen and oxygen atoms in total. The molecule has 4 N–H and O–H groups in total. The van der Waals surface area contributed by atoms with Gasteiger partial charge in [-0.2, -0.15) is 0 Å². The van der Waals surface area contributed by atoms with E-state index in [1.807, 2.05) is 19.9 Å². The molecular formula is C31H30N2O7. The van der Waals surface area contributed by atoms with E-state index in [1.165, 1.54) is 11.6 Å². The molecule has 0 saturated heterocycles. The number of H-pyrrole nitrogens is 1. The highest BCUT2D eigenvalue weighted by Crippen LogP contribution is 2.38. The van der Waals surface area contributed by atoms with Gasteiger partial charge in [-0.25, -0.2) is 9.59 Å². The first kappa shape index (κ1) is 25.7. The summed E-state index contributed by atoms with van der Waals surface area (Å²) in [6.45, 7) is 3.76. The number of benzene rings is 2. The molecule has 0 aliphatic heterocycles. The van der Waals surface area contributed by atoms with Gasteiger partial charge in [-0.05, 0) is 74.9 Å². The first-order chi connectivity index (χ1) is 19.2. The van der Waals surface area contributed by atoms with Crippen molar-refractivity contribution in [1.82, 2.24) is 10.3 Å². The molecule has 1 aliphatic rings. The molecule has 206 valence electrons. The zero-order valence-electron chi connectivity index (χ0n) is 22.3. The van der Waals surface area contributed by atoms with Gasteiger partial charge in [0.2, 0.25) is 5.91 Å². The second kappa shape index (κ2) is 9.89. The monoisotopic (exact) mass is 542 g/mol. The Hall–Kier alpha value is -4.53. The Morgan fingerprint density at radius 2 is 1.80 bits per heavy atom. The Morgan fingerprint density at radius 3 is 2.60 bits per heavy atom. The van der Waals surface area contributed by atoms with Crippen molar-refractivity contribution in [3.63, 3.8) is 0 Å². The molecule has 0 saturated carbocycles. The number of aromatic nitrogens is 1. The molecule has 40 heavy (non-hydrogen) atoms. The van der Waals surface area contributed by atoms with E-state index in [0.29, 0.717) is 22.1 Å². The summed E-state index contributed by atoms with van der Waals surface area (Å²) in [6.07, 6.45) is 5.82. The summed E-state index contributed by atoms with van der Waals surface area (Å²) in [5.41, 5.74) is 5.33. The van der Waals surface area contributed by atoms with Crippen LogP contribution in [0.2, 0.25) is 0 Å². The Labute approximate surface area is 228 Å². The number of phenols is 1. The number of aromatic hydroxyl groups is 1. The minimum atomic E-state index is -1.17. The average Bonchev–Trinajstić information content (AvgIpc) is 3.50. The number of aliphatic carboxylic acids is 1. The van der Waals surface area contributed by atoms with Crippen molar-refractivity contribution in [2.75, 3.05) is 0 Å². The van der Waals surface area contributed by atoms with Crippen LogP contribution in [0.4, 0.5) is 0 Å². The van der Waals surface area contributed by atoms with Crippen LogP contribution < -0.4 is 10.9 Å². The molecule has 1 amide bonds. The Kier molecular flexibility index (Phi) is 6.37. The summed E-state index contributed by atoms with van der Waals surface area (Å²) in [4.78, 5) is 40.9. The van der Waals surface area contributed by atoms with Crippen molar-refractivity contribution in [2.45, 2.75) is 64.8 Å². The molecule has 2 aromatic carbocycles. The quantitative estimate of drug-likeness (QED) is 0.213.